The average Bonchev–Trinajstić information content (AvgIpc) is 2.08. The Morgan fingerprint density at radius 1 is 0.750 bits per heavy atom. The van der Waals surface area contributed by atoms with Crippen LogP contribution in [-0.2, 0) is 0 Å². The van der Waals surface area contributed by atoms with Gasteiger partial charge in [0.05, 0.1) is 0 Å². The number of hydrogen-bond acceptors (Lipinski definition) is 2. The van der Waals surface area contributed by atoms with Gasteiger partial charge in [-0.2, -0.15) is 0 Å². The van der Waals surface area contributed by atoms with Crippen molar-refractivity contribution in [3.05, 3.63) is 0 Å². The molecule has 0 aliphatic heterocycles. The third-order valence-corrected chi connectivity index (χ3v) is 1.35. The Labute approximate surface area is 78.1 Å². The molecule has 0 radical (unpaired) electrons. The van der Waals surface area contributed by atoms with Crippen molar-refractivity contribution in [3.63, 3.8) is 0 Å². The van der Waals surface area contributed by atoms with Crippen LogP contribution >= 0.6 is 0 Å². The molecule has 12 heavy (non-hydrogen) atoms. The maximum atomic E-state index is 3.28. The first-order chi connectivity index (χ1) is 5.83. The number of nitrogens with one attached hydrogen (secondary N) is 2. The lowest BCUT2D eigenvalue weighted by atomic mass is 10.4. The largest absolute Gasteiger partial charge is 0.320 e. The molecule has 2 nitrogen and oxygen atoms in total. The fraction of sp³-hybridized carbons (Fsp3) is 1.00. The minimum Gasteiger partial charge on any atom is -0.320 e. The zero-order valence-electron chi connectivity index (χ0n) is 9.24. The summed E-state index contributed by atoms with van der Waals surface area (Å²) in [6.45, 7) is 10.0. The lowest BCUT2D eigenvalue weighted by Gasteiger charge is -1.95. The van der Waals surface area contributed by atoms with Gasteiger partial charge in [-0.3, -0.25) is 0 Å². The molecule has 0 aromatic heterocycles. The van der Waals surface area contributed by atoms with Gasteiger partial charge in [-0.1, -0.05) is 20.8 Å². The molecule has 0 aromatic carbocycles. The van der Waals surface area contributed by atoms with E-state index in [0.29, 0.717) is 0 Å². The van der Waals surface area contributed by atoms with Gasteiger partial charge in [-0.05, 0) is 45.9 Å². The Balaban J connectivity index is 0. The molecular weight excluding hydrogens is 148 g/mol. The van der Waals surface area contributed by atoms with Gasteiger partial charge >= 0.3 is 0 Å². The molecule has 0 unspecified atom stereocenters. The van der Waals surface area contributed by atoms with Crippen molar-refractivity contribution in [2.24, 2.45) is 0 Å². The van der Waals surface area contributed by atoms with Gasteiger partial charge in [0.1, 0.15) is 0 Å². The van der Waals surface area contributed by atoms with E-state index in [9.17, 15) is 0 Å². The highest BCUT2D eigenvalue weighted by atomic mass is 14.8. The molecule has 76 valence electrons. The highest BCUT2D eigenvalue weighted by molar-refractivity contribution is 4.39. The standard InChI is InChI=1S/C6H15N.C4H11N/c1-3-5-7-6-4-2;1-3-4-5-2/h7H,3-6H2,1-2H3;5H,3-4H2,1-2H3. The van der Waals surface area contributed by atoms with Crippen LogP contribution in [0.1, 0.15) is 40.0 Å². The van der Waals surface area contributed by atoms with Gasteiger partial charge in [0.15, 0.2) is 0 Å². The van der Waals surface area contributed by atoms with E-state index in [1.165, 1.54) is 32.4 Å². The summed E-state index contributed by atoms with van der Waals surface area (Å²) in [7, 11) is 1.96. The second-order valence-electron chi connectivity index (χ2n) is 2.85. The summed E-state index contributed by atoms with van der Waals surface area (Å²) in [5, 5.41) is 6.30. The van der Waals surface area contributed by atoms with Gasteiger partial charge in [0.25, 0.3) is 0 Å². The maximum absolute atomic E-state index is 3.28. The smallest absolute Gasteiger partial charge is 0.00516 e. The Hall–Kier alpha value is -0.0800. The molecule has 0 heterocycles. The normalized spacial score (nSPS) is 9.00. The third kappa shape index (κ3) is 22.5. The first kappa shape index (κ1) is 14.4. The molecule has 0 rings (SSSR count). The van der Waals surface area contributed by atoms with Crippen molar-refractivity contribution >= 4 is 0 Å². The first-order valence-corrected chi connectivity index (χ1v) is 5.18. The molecule has 0 fully saturated rings. The number of hydrogen-bond donors (Lipinski definition) is 2. The monoisotopic (exact) mass is 174 g/mol. The van der Waals surface area contributed by atoms with Crippen LogP contribution in [0.4, 0.5) is 0 Å². The number of rotatable bonds is 6. The van der Waals surface area contributed by atoms with E-state index in [0.717, 1.165) is 6.54 Å². The van der Waals surface area contributed by atoms with Crippen molar-refractivity contribution in [1.29, 1.82) is 0 Å². The summed E-state index contributed by atoms with van der Waals surface area (Å²) in [6, 6.07) is 0. The molecule has 0 atom stereocenters. The van der Waals surface area contributed by atoms with Crippen molar-refractivity contribution in [3.8, 4) is 0 Å². The Bertz CT molecular complexity index is 49.8. The Morgan fingerprint density at radius 3 is 1.33 bits per heavy atom. The third-order valence-electron chi connectivity index (χ3n) is 1.35. The highest BCUT2D eigenvalue weighted by Gasteiger charge is 1.76. The fourth-order valence-corrected chi connectivity index (χ4v) is 0.729. The maximum Gasteiger partial charge on any atom is -0.00516 e. The molecular formula is C10H26N2. The van der Waals surface area contributed by atoms with Crippen LogP contribution in [0.25, 0.3) is 0 Å². The van der Waals surface area contributed by atoms with Crippen molar-refractivity contribution in [1.82, 2.24) is 10.6 Å². The minimum absolute atomic E-state index is 1.14. The van der Waals surface area contributed by atoms with E-state index in [1.54, 1.807) is 0 Å². The minimum atomic E-state index is 1.14. The summed E-state index contributed by atoms with van der Waals surface area (Å²) in [4.78, 5) is 0. The lowest BCUT2D eigenvalue weighted by molar-refractivity contribution is 0.662. The summed E-state index contributed by atoms with van der Waals surface area (Å²) < 4.78 is 0. The van der Waals surface area contributed by atoms with Gasteiger partial charge in [-0.25, -0.2) is 0 Å². The van der Waals surface area contributed by atoms with Crippen LogP contribution in [0.3, 0.4) is 0 Å². The Morgan fingerprint density at radius 2 is 1.17 bits per heavy atom. The van der Waals surface area contributed by atoms with E-state index in [-0.39, 0.29) is 0 Å². The fourth-order valence-electron chi connectivity index (χ4n) is 0.729. The zero-order valence-corrected chi connectivity index (χ0v) is 9.24. The molecule has 0 bridgehead atoms. The second-order valence-corrected chi connectivity index (χ2v) is 2.85. The molecule has 0 aliphatic rings. The van der Waals surface area contributed by atoms with E-state index >= 15 is 0 Å². The average molecular weight is 174 g/mol. The molecule has 0 saturated carbocycles. The van der Waals surface area contributed by atoms with Crippen LogP contribution in [0, 0.1) is 0 Å². The molecule has 2 heteroatoms. The predicted octanol–water partition coefficient (Wildman–Crippen LogP) is 2.01. The van der Waals surface area contributed by atoms with Gasteiger partial charge in [0, 0.05) is 0 Å². The van der Waals surface area contributed by atoms with Crippen molar-refractivity contribution < 1.29 is 0 Å². The van der Waals surface area contributed by atoms with Gasteiger partial charge in [-0.15, -0.1) is 0 Å². The summed E-state index contributed by atoms with van der Waals surface area (Å²) in [6.07, 6.45) is 3.73. The highest BCUT2D eigenvalue weighted by Crippen LogP contribution is 1.71. The lowest BCUT2D eigenvalue weighted by Crippen LogP contribution is -2.14. The molecule has 0 saturated heterocycles. The topological polar surface area (TPSA) is 24.1 Å². The molecule has 0 aliphatic carbocycles. The second kappa shape index (κ2) is 17.1. The van der Waals surface area contributed by atoms with Crippen LogP contribution < -0.4 is 10.6 Å². The molecule has 0 spiro atoms. The summed E-state index contributed by atoms with van der Waals surface area (Å²) in [5.41, 5.74) is 0. The van der Waals surface area contributed by atoms with Crippen molar-refractivity contribution in [2.45, 2.75) is 40.0 Å². The van der Waals surface area contributed by atoms with Gasteiger partial charge < -0.3 is 10.6 Å². The predicted molar refractivity (Wildman–Crippen MR) is 57.7 cm³/mol. The summed E-state index contributed by atoms with van der Waals surface area (Å²) >= 11 is 0. The SMILES string of the molecule is CCCNC.CCCNCCC. The molecule has 2 N–H and O–H groups in total. The van der Waals surface area contributed by atoms with Crippen LogP contribution in [-0.4, -0.2) is 26.7 Å². The summed E-state index contributed by atoms with van der Waals surface area (Å²) in [5.74, 6) is 0. The van der Waals surface area contributed by atoms with Crippen molar-refractivity contribution in [2.75, 3.05) is 26.7 Å². The van der Waals surface area contributed by atoms with Crippen LogP contribution in [0.15, 0.2) is 0 Å². The zero-order chi connectivity index (χ0) is 9.66. The van der Waals surface area contributed by atoms with Crippen LogP contribution in [0.2, 0.25) is 0 Å². The van der Waals surface area contributed by atoms with E-state index in [1.807, 2.05) is 7.05 Å². The van der Waals surface area contributed by atoms with Crippen LogP contribution in [0.5, 0.6) is 0 Å². The van der Waals surface area contributed by atoms with E-state index in [4.69, 9.17) is 0 Å². The first-order valence-electron chi connectivity index (χ1n) is 5.18. The molecule has 0 aromatic rings. The molecule has 0 amide bonds. The Kier molecular flexibility index (Phi) is 20.6. The van der Waals surface area contributed by atoms with E-state index < -0.39 is 0 Å². The quantitative estimate of drug-likeness (QED) is 0.602. The van der Waals surface area contributed by atoms with Gasteiger partial charge in [0.2, 0.25) is 0 Å². The van der Waals surface area contributed by atoms with E-state index in [2.05, 4.69) is 31.4 Å².